The summed E-state index contributed by atoms with van der Waals surface area (Å²) in [5.74, 6) is -1.73. The van der Waals surface area contributed by atoms with Crippen molar-refractivity contribution in [1.29, 1.82) is 0 Å². The second-order valence-electron chi connectivity index (χ2n) is 8.84. The van der Waals surface area contributed by atoms with Crippen LogP contribution in [0.2, 0.25) is 0 Å². The first kappa shape index (κ1) is 29.3. The van der Waals surface area contributed by atoms with E-state index in [-0.39, 0.29) is 43.5 Å². The molecule has 1 saturated carbocycles. The molecule has 0 spiro atoms. The monoisotopic (exact) mass is 530 g/mol. The first-order valence-corrected chi connectivity index (χ1v) is 11.7. The minimum atomic E-state index is -4.98. The summed E-state index contributed by atoms with van der Waals surface area (Å²) in [6.07, 6.45) is -5.21. The molecule has 2 rings (SSSR count). The molecule has 4 atom stereocenters. The van der Waals surface area contributed by atoms with Gasteiger partial charge in [-0.15, -0.1) is 11.6 Å². The maximum atomic E-state index is 13.1. The standard InChI is InChI=1S/C24H29ClF6O4/c1-14(2)35-22(33)8-6-4-3-5-7-18-19(21(32)12-20(18)25)13-34-17-10-15(23(26,27)28)9-16(11-17)24(29,30)31/h3,5,9-11,14,18-21,32H,4,6-8,12-13H2,1-2H3/b5-3-/t18-,19-,20-,21-/m1/s1. The van der Waals surface area contributed by atoms with Crippen LogP contribution in [0.5, 0.6) is 5.75 Å². The number of hydrogen-bond donors (Lipinski definition) is 1. The number of halogens is 7. The minimum Gasteiger partial charge on any atom is -0.493 e. The summed E-state index contributed by atoms with van der Waals surface area (Å²) < 4.78 is 88.8. The molecule has 198 valence electrons. The van der Waals surface area contributed by atoms with Gasteiger partial charge in [-0.25, -0.2) is 0 Å². The van der Waals surface area contributed by atoms with E-state index in [1.165, 1.54) is 0 Å². The van der Waals surface area contributed by atoms with Gasteiger partial charge in [0.15, 0.2) is 0 Å². The largest absolute Gasteiger partial charge is 0.493 e. The van der Waals surface area contributed by atoms with E-state index in [0.29, 0.717) is 31.4 Å². The summed E-state index contributed by atoms with van der Waals surface area (Å²) in [6, 6.07) is 1.05. The van der Waals surface area contributed by atoms with Crippen molar-refractivity contribution in [2.75, 3.05) is 6.61 Å². The van der Waals surface area contributed by atoms with Gasteiger partial charge in [0.2, 0.25) is 0 Å². The Bertz CT molecular complexity index is 836. The Balaban J connectivity index is 1.99. The molecule has 1 aliphatic rings. The van der Waals surface area contributed by atoms with Crippen molar-refractivity contribution in [2.45, 2.75) is 75.9 Å². The highest BCUT2D eigenvalue weighted by molar-refractivity contribution is 6.21. The Labute approximate surface area is 205 Å². The van der Waals surface area contributed by atoms with Gasteiger partial charge in [0.25, 0.3) is 0 Å². The molecule has 1 aromatic rings. The number of rotatable bonds is 10. The molecule has 35 heavy (non-hydrogen) atoms. The Morgan fingerprint density at radius 2 is 1.69 bits per heavy atom. The predicted molar refractivity (Wildman–Crippen MR) is 118 cm³/mol. The van der Waals surface area contributed by atoms with Crippen LogP contribution < -0.4 is 4.74 Å². The van der Waals surface area contributed by atoms with E-state index < -0.39 is 46.6 Å². The van der Waals surface area contributed by atoms with Crippen molar-refractivity contribution in [3.63, 3.8) is 0 Å². The quantitative estimate of drug-likeness (QED) is 0.119. The van der Waals surface area contributed by atoms with Gasteiger partial charge in [0.05, 0.1) is 29.9 Å². The Kier molecular flexibility index (Phi) is 10.3. The van der Waals surface area contributed by atoms with Gasteiger partial charge < -0.3 is 14.6 Å². The van der Waals surface area contributed by atoms with Crippen LogP contribution in [0.1, 0.15) is 57.1 Å². The van der Waals surface area contributed by atoms with Crippen molar-refractivity contribution in [1.82, 2.24) is 0 Å². The van der Waals surface area contributed by atoms with Gasteiger partial charge in [0, 0.05) is 17.7 Å². The van der Waals surface area contributed by atoms with Crippen LogP contribution in [0.25, 0.3) is 0 Å². The maximum Gasteiger partial charge on any atom is 0.416 e. The fourth-order valence-electron chi connectivity index (χ4n) is 3.95. The van der Waals surface area contributed by atoms with Gasteiger partial charge >= 0.3 is 18.3 Å². The number of benzene rings is 1. The predicted octanol–water partition coefficient (Wildman–Crippen LogP) is 6.78. The minimum absolute atomic E-state index is 0.0300. The number of unbranched alkanes of at least 4 members (excludes halogenated alkanes) is 1. The Morgan fingerprint density at radius 1 is 1.09 bits per heavy atom. The molecule has 0 aliphatic heterocycles. The molecule has 11 heteroatoms. The van der Waals surface area contributed by atoms with Crippen molar-refractivity contribution < 1.29 is 45.7 Å². The lowest BCUT2D eigenvalue weighted by Crippen LogP contribution is -2.27. The number of aliphatic hydroxyl groups excluding tert-OH is 1. The van der Waals surface area contributed by atoms with E-state index in [2.05, 4.69) is 0 Å². The average molecular weight is 531 g/mol. The SMILES string of the molecule is CC(C)OC(=O)CCC/C=C\C[C@@H]1[C@@H](COc2cc(C(F)(F)F)cc(C(F)(F)F)c2)[C@H](O)C[C@H]1Cl. The molecular formula is C24H29ClF6O4. The first-order valence-electron chi connectivity index (χ1n) is 11.3. The number of carbonyl (C=O) groups is 1. The van der Waals surface area contributed by atoms with Crippen LogP contribution in [0.4, 0.5) is 26.3 Å². The van der Waals surface area contributed by atoms with Gasteiger partial charge in [0.1, 0.15) is 5.75 Å². The number of hydrogen-bond acceptors (Lipinski definition) is 4. The van der Waals surface area contributed by atoms with E-state index in [9.17, 15) is 36.2 Å². The van der Waals surface area contributed by atoms with E-state index >= 15 is 0 Å². The molecule has 0 heterocycles. The maximum absolute atomic E-state index is 13.1. The highest BCUT2D eigenvalue weighted by Crippen LogP contribution is 2.41. The Hall–Kier alpha value is -1.94. The molecule has 0 bridgehead atoms. The highest BCUT2D eigenvalue weighted by atomic mass is 35.5. The molecule has 1 N–H and O–H groups in total. The van der Waals surface area contributed by atoms with Crippen molar-refractivity contribution in [3.8, 4) is 5.75 Å². The zero-order valence-electron chi connectivity index (χ0n) is 19.3. The molecule has 4 nitrogen and oxygen atoms in total. The molecule has 0 amide bonds. The number of ether oxygens (including phenoxy) is 2. The summed E-state index contributed by atoms with van der Waals surface area (Å²) in [5.41, 5.74) is -2.94. The summed E-state index contributed by atoms with van der Waals surface area (Å²) in [7, 11) is 0. The van der Waals surface area contributed by atoms with E-state index in [1.807, 2.05) is 12.2 Å². The zero-order valence-corrected chi connectivity index (χ0v) is 20.1. The lowest BCUT2D eigenvalue weighted by atomic mass is 9.92. The Morgan fingerprint density at radius 3 is 2.23 bits per heavy atom. The average Bonchev–Trinajstić information content (AvgIpc) is 2.99. The van der Waals surface area contributed by atoms with E-state index in [4.69, 9.17) is 21.1 Å². The van der Waals surface area contributed by atoms with Crippen LogP contribution in [-0.4, -0.2) is 35.3 Å². The second-order valence-corrected chi connectivity index (χ2v) is 9.40. The molecular weight excluding hydrogens is 502 g/mol. The van der Waals surface area contributed by atoms with Crippen LogP contribution in [0.15, 0.2) is 30.4 Å². The summed E-state index contributed by atoms with van der Waals surface area (Å²) >= 11 is 6.34. The molecule has 0 radical (unpaired) electrons. The van der Waals surface area contributed by atoms with Gasteiger partial charge in [-0.3, -0.25) is 4.79 Å². The number of carbonyl (C=O) groups excluding carboxylic acids is 1. The summed E-state index contributed by atoms with van der Waals surface area (Å²) in [6.45, 7) is 3.24. The molecule has 1 aromatic carbocycles. The van der Waals surface area contributed by atoms with Crippen LogP contribution >= 0.6 is 11.6 Å². The van der Waals surface area contributed by atoms with Crippen molar-refractivity contribution in [3.05, 3.63) is 41.5 Å². The normalized spacial score (nSPS) is 23.3. The number of allylic oxidation sites excluding steroid dienone is 2. The third-order valence-electron chi connectivity index (χ3n) is 5.67. The fraction of sp³-hybridized carbons (Fsp3) is 0.625. The lowest BCUT2D eigenvalue weighted by Gasteiger charge is -2.23. The summed E-state index contributed by atoms with van der Waals surface area (Å²) in [5, 5.41) is 9.92. The highest BCUT2D eigenvalue weighted by Gasteiger charge is 2.42. The van der Waals surface area contributed by atoms with Crippen LogP contribution in [-0.2, 0) is 21.9 Å². The van der Waals surface area contributed by atoms with E-state index in [0.717, 1.165) is 0 Å². The lowest BCUT2D eigenvalue weighted by molar-refractivity contribution is -0.147. The number of esters is 1. The fourth-order valence-corrected chi connectivity index (χ4v) is 4.42. The second kappa shape index (κ2) is 12.3. The number of alkyl halides is 7. The summed E-state index contributed by atoms with van der Waals surface area (Å²) in [4.78, 5) is 11.5. The van der Waals surface area contributed by atoms with Crippen LogP contribution in [0, 0.1) is 11.8 Å². The van der Waals surface area contributed by atoms with Gasteiger partial charge in [-0.05, 0) is 63.6 Å². The first-order chi connectivity index (χ1) is 16.2. The molecule has 0 unspecified atom stereocenters. The van der Waals surface area contributed by atoms with Gasteiger partial charge in [-0.1, -0.05) is 12.2 Å². The molecule has 1 fully saturated rings. The van der Waals surface area contributed by atoms with Crippen molar-refractivity contribution >= 4 is 17.6 Å². The topological polar surface area (TPSA) is 55.8 Å². The molecule has 1 aliphatic carbocycles. The number of aliphatic hydroxyl groups is 1. The smallest absolute Gasteiger partial charge is 0.416 e. The van der Waals surface area contributed by atoms with Gasteiger partial charge in [-0.2, -0.15) is 26.3 Å². The van der Waals surface area contributed by atoms with Crippen LogP contribution in [0.3, 0.4) is 0 Å². The van der Waals surface area contributed by atoms with Crippen molar-refractivity contribution in [2.24, 2.45) is 11.8 Å². The third kappa shape index (κ3) is 9.22. The van der Waals surface area contributed by atoms with E-state index in [1.54, 1.807) is 13.8 Å². The molecule has 0 aromatic heterocycles. The molecule has 0 saturated heterocycles. The third-order valence-corrected chi connectivity index (χ3v) is 6.17. The zero-order chi connectivity index (χ0) is 26.4.